The lowest BCUT2D eigenvalue weighted by atomic mass is 9.92. The largest absolute Gasteiger partial charge is 0.498 e. The molecule has 1 aliphatic carbocycles. The zero-order valence-corrected chi connectivity index (χ0v) is 7.84. The van der Waals surface area contributed by atoms with Gasteiger partial charge in [0.25, 0.3) is 0 Å². The molecule has 1 aromatic rings. The third kappa shape index (κ3) is 1.31. The van der Waals surface area contributed by atoms with Crippen LogP contribution in [-0.2, 0) is 4.74 Å². The van der Waals surface area contributed by atoms with Crippen LogP contribution in [0, 0.1) is 0 Å². The second-order valence-corrected chi connectivity index (χ2v) is 3.27. The monoisotopic (exact) mass is 192 g/mol. The Hall–Kier alpha value is -1.32. The Kier molecular flexibility index (Phi) is 2.27. The standard InChI is InChI=1S/C11H12O3/c1-14-9-6-7-4-2-3-5-8(7)10(12)11(9)13/h2-6,10-13H,1H3/t10-,11+/m0/s1. The van der Waals surface area contributed by atoms with E-state index in [0.717, 1.165) is 11.1 Å². The molecule has 0 aromatic heterocycles. The number of aliphatic hydroxyl groups is 2. The van der Waals surface area contributed by atoms with Crippen molar-refractivity contribution in [1.82, 2.24) is 0 Å². The van der Waals surface area contributed by atoms with Gasteiger partial charge in [-0.25, -0.2) is 0 Å². The van der Waals surface area contributed by atoms with E-state index in [1.54, 1.807) is 12.1 Å². The Morgan fingerprint density at radius 3 is 2.57 bits per heavy atom. The number of methoxy groups -OCH3 is 1. The molecule has 1 aromatic carbocycles. The van der Waals surface area contributed by atoms with E-state index >= 15 is 0 Å². The maximum Gasteiger partial charge on any atom is 0.141 e. The van der Waals surface area contributed by atoms with Gasteiger partial charge in [-0.1, -0.05) is 24.3 Å². The number of aliphatic hydroxyl groups excluding tert-OH is 2. The van der Waals surface area contributed by atoms with Crippen molar-refractivity contribution in [2.24, 2.45) is 0 Å². The third-order valence-electron chi connectivity index (χ3n) is 2.44. The summed E-state index contributed by atoms with van der Waals surface area (Å²) < 4.78 is 4.98. The normalized spacial score (nSPS) is 25.2. The van der Waals surface area contributed by atoms with Gasteiger partial charge >= 0.3 is 0 Å². The number of fused-ring (bicyclic) bond motifs is 1. The van der Waals surface area contributed by atoms with Crippen LogP contribution in [0.1, 0.15) is 17.2 Å². The maximum atomic E-state index is 9.76. The molecule has 1 aliphatic rings. The lowest BCUT2D eigenvalue weighted by Gasteiger charge is -2.25. The first-order chi connectivity index (χ1) is 6.74. The molecule has 2 N–H and O–H groups in total. The van der Waals surface area contributed by atoms with E-state index in [-0.39, 0.29) is 0 Å². The summed E-state index contributed by atoms with van der Waals surface area (Å²) in [6, 6.07) is 7.39. The van der Waals surface area contributed by atoms with Crippen molar-refractivity contribution in [2.75, 3.05) is 7.11 Å². The molecule has 0 aliphatic heterocycles. The van der Waals surface area contributed by atoms with Gasteiger partial charge in [0.1, 0.15) is 18.0 Å². The van der Waals surface area contributed by atoms with Crippen LogP contribution >= 0.6 is 0 Å². The zero-order valence-electron chi connectivity index (χ0n) is 7.84. The number of hydrogen-bond donors (Lipinski definition) is 2. The number of benzene rings is 1. The maximum absolute atomic E-state index is 9.76. The van der Waals surface area contributed by atoms with E-state index < -0.39 is 12.2 Å². The summed E-state index contributed by atoms with van der Waals surface area (Å²) in [5.74, 6) is 0.399. The molecule has 0 saturated carbocycles. The predicted octanol–water partition coefficient (Wildman–Crippen LogP) is 1.08. The van der Waals surface area contributed by atoms with Crippen LogP contribution < -0.4 is 0 Å². The van der Waals surface area contributed by atoms with Crippen molar-refractivity contribution < 1.29 is 14.9 Å². The average molecular weight is 192 g/mol. The van der Waals surface area contributed by atoms with Crippen molar-refractivity contribution in [2.45, 2.75) is 12.2 Å². The number of rotatable bonds is 1. The highest BCUT2D eigenvalue weighted by molar-refractivity contribution is 5.60. The zero-order chi connectivity index (χ0) is 10.1. The topological polar surface area (TPSA) is 49.7 Å². The fourth-order valence-electron chi connectivity index (χ4n) is 1.66. The molecule has 14 heavy (non-hydrogen) atoms. The molecule has 3 nitrogen and oxygen atoms in total. The molecule has 0 heterocycles. The minimum atomic E-state index is -0.963. The van der Waals surface area contributed by atoms with E-state index in [1.807, 2.05) is 18.2 Å². The van der Waals surface area contributed by atoms with Crippen LogP contribution in [-0.4, -0.2) is 23.4 Å². The Balaban J connectivity index is 2.51. The minimum Gasteiger partial charge on any atom is -0.498 e. The fourth-order valence-corrected chi connectivity index (χ4v) is 1.66. The quantitative estimate of drug-likeness (QED) is 0.700. The summed E-state index contributed by atoms with van der Waals surface area (Å²) >= 11 is 0. The molecule has 0 bridgehead atoms. The molecular weight excluding hydrogens is 180 g/mol. The van der Waals surface area contributed by atoms with Gasteiger partial charge in [0.2, 0.25) is 0 Å². The average Bonchev–Trinajstić information content (AvgIpc) is 2.23. The highest BCUT2D eigenvalue weighted by Crippen LogP contribution is 2.31. The molecule has 74 valence electrons. The molecule has 3 heteroatoms. The molecule has 0 unspecified atom stereocenters. The Labute approximate surface area is 82.3 Å². The lowest BCUT2D eigenvalue weighted by molar-refractivity contribution is 0.00842. The van der Waals surface area contributed by atoms with E-state index in [1.165, 1.54) is 7.11 Å². The van der Waals surface area contributed by atoms with Crippen LogP contribution in [0.5, 0.6) is 0 Å². The molecule has 2 rings (SSSR count). The second kappa shape index (κ2) is 3.44. The van der Waals surface area contributed by atoms with E-state index in [4.69, 9.17) is 4.74 Å². The second-order valence-electron chi connectivity index (χ2n) is 3.27. The van der Waals surface area contributed by atoms with Gasteiger partial charge in [-0.2, -0.15) is 0 Å². The molecule has 0 spiro atoms. The summed E-state index contributed by atoms with van der Waals surface area (Å²) in [5, 5.41) is 19.4. The van der Waals surface area contributed by atoms with Gasteiger partial charge < -0.3 is 14.9 Å². The van der Waals surface area contributed by atoms with Crippen LogP contribution in [0.4, 0.5) is 0 Å². The van der Waals surface area contributed by atoms with Crippen molar-refractivity contribution in [3.8, 4) is 0 Å². The first-order valence-electron chi connectivity index (χ1n) is 4.44. The Morgan fingerprint density at radius 2 is 1.86 bits per heavy atom. The molecule has 0 amide bonds. The van der Waals surface area contributed by atoms with E-state index in [2.05, 4.69) is 0 Å². The first kappa shape index (κ1) is 9.24. The van der Waals surface area contributed by atoms with Gasteiger partial charge in [-0.05, 0) is 17.2 Å². The smallest absolute Gasteiger partial charge is 0.141 e. The predicted molar refractivity (Wildman–Crippen MR) is 52.4 cm³/mol. The fraction of sp³-hybridized carbons (Fsp3) is 0.273. The summed E-state index contributed by atoms with van der Waals surface area (Å²) in [5.41, 5.74) is 1.63. The SMILES string of the molecule is COC1=Cc2ccccc2[C@H](O)[C@@H]1O. The van der Waals surface area contributed by atoms with E-state index in [9.17, 15) is 10.2 Å². The van der Waals surface area contributed by atoms with Gasteiger partial charge in [0, 0.05) is 0 Å². The van der Waals surface area contributed by atoms with Crippen LogP contribution in [0.3, 0.4) is 0 Å². The van der Waals surface area contributed by atoms with Crippen molar-refractivity contribution in [3.05, 3.63) is 41.2 Å². The number of ether oxygens (including phenoxy) is 1. The Morgan fingerprint density at radius 1 is 1.14 bits per heavy atom. The van der Waals surface area contributed by atoms with Gasteiger partial charge in [0.05, 0.1) is 7.11 Å². The highest BCUT2D eigenvalue weighted by atomic mass is 16.5. The van der Waals surface area contributed by atoms with Gasteiger partial charge in [0.15, 0.2) is 0 Å². The van der Waals surface area contributed by atoms with Crippen LogP contribution in [0.15, 0.2) is 30.0 Å². The molecule has 0 saturated heterocycles. The Bertz CT molecular complexity index is 371. The molecule has 2 atom stereocenters. The van der Waals surface area contributed by atoms with Gasteiger partial charge in [-0.3, -0.25) is 0 Å². The first-order valence-corrected chi connectivity index (χ1v) is 4.44. The third-order valence-corrected chi connectivity index (χ3v) is 2.44. The van der Waals surface area contributed by atoms with Crippen molar-refractivity contribution in [3.63, 3.8) is 0 Å². The van der Waals surface area contributed by atoms with Crippen LogP contribution in [0.25, 0.3) is 6.08 Å². The minimum absolute atomic E-state index is 0.399. The van der Waals surface area contributed by atoms with E-state index in [0.29, 0.717) is 5.76 Å². The van der Waals surface area contributed by atoms with Crippen LogP contribution in [0.2, 0.25) is 0 Å². The summed E-state index contributed by atoms with van der Waals surface area (Å²) in [6.07, 6.45) is -0.117. The summed E-state index contributed by atoms with van der Waals surface area (Å²) in [4.78, 5) is 0. The summed E-state index contributed by atoms with van der Waals surface area (Å²) in [7, 11) is 1.48. The highest BCUT2D eigenvalue weighted by Gasteiger charge is 2.28. The molecule has 0 fully saturated rings. The number of hydrogen-bond acceptors (Lipinski definition) is 3. The molecule has 0 radical (unpaired) electrons. The molecular formula is C11H12O3. The van der Waals surface area contributed by atoms with Crippen molar-refractivity contribution >= 4 is 6.08 Å². The lowest BCUT2D eigenvalue weighted by Crippen LogP contribution is -2.25. The summed E-state index contributed by atoms with van der Waals surface area (Å²) in [6.45, 7) is 0. The van der Waals surface area contributed by atoms with Gasteiger partial charge in [-0.15, -0.1) is 0 Å². The van der Waals surface area contributed by atoms with Crippen molar-refractivity contribution in [1.29, 1.82) is 0 Å².